The summed E-state index contributed by atoms with van der Waals surface area (Å²) in [6, 6.07) is 0.0918. The number of hydrogen-bond donors (Lipinski definition) is 2. The first kappa shape index (κ1) is 14.1. The van der Waals surface area contributed by atoms with Crippen molar-refractivity contribution in [2.24, 2.45) is 11.5 Å². The Labute approximate surface area is 89.3 Å². The molecule has 86 valence electrons. The Morgan fingerprint density at radius 3 is 2.14 bits per heavy atom. The van der Waals surface area contributed by atoms with Crippen LogP contribution in [0.1, 0.15) is 27.2 Å². The zero-order chi connectivity index (χ0) is 11.4. The molecule has 0 aromatic heterocycles. The van der Waals surface area contributed by atoms with Crippen molar-refractivity contribution < 1.29 is 4.43 Å². The third-order valence-corrected chi connectivity index (χ3v) is 7.50. The fraction of sp³-hybridized carbons (Fsp3) is 1.00. The summed E-state index contributed by atoms with van der Waals surface area (Å²) < 4.78 is 5.97. The van der Waals surface area contributed by atoms with E-state index in [1.165, 1.54) is 0 Å². The van der Waals surface area contributed by atoms with Crippen LogP contribution >= 0.6 is 0 Å². The summed E-state index contributed by atoms with van der Waals surface area (Å²) in [5.74, 6) is 0. The van der Waals surface area contributed by atoms with E-state index in [0.717, 1.165) is 6.42 Å². The minimum Gasteiger partial charge on any atom is -0.415 e. The number of nitrogens with two attached hydrogens (primary N) is 2. The van der Waals surface area contributed by atoms with E-state index in [1.807, 2.05) is 0 Å². The Hall–Kier alpha value is 0.0969. The maximum atomic E-state index is 5.97. The summed E-state index contributed by atoms with van der Waals surface area (Å²) in [5.41, 5.74) is 11.3. The average Bonchev–Trinajstić information content (AvgIpc) is 1.99. The van der Waals surface area contributed by atoms with Gasteiger partial charge in [0.15, 0.2) is 8.32 Å². The summed E-state index contributed by atoms with van der Waals surface area (Å²) in [6.45, 7) is 12.5. The van der Waals surface area contributed by atoms with Crippen LogP contribution in [-0.4, -0.2) is 27.5 Å². The van der Waals surface area contributed by atoms with E-state index < -0.39 is 8.32 Å². The minimum absolute atomic E-state index is 0.0918. The second kappa shape index (κ2) is 5.26. The smallest absolute Gasteiger partial charge is 0.192 e. The fourth-order valence-corrected chi connectivity index (χ4v) is 1.89. The lowest BCUT2D eigenvalue weighted by Crippen LogP contribution is -2.44. The summed E-state index contributed by atoms with van der Waals surface area (Å²) >= 11 is 0. The van der Waals surface area contributed by atoms with Crippen molar-refractivity contribution in [2.45, 2.75) is 51.4 Å². The van der Waals surface area contributed by atoms with Crippen molar-refractivity contribution in [3.8, 4) is 0 Å². The van der Waals surface area contributed by atoms with E-state index in [9.17, 15) is 0 Å². The van der Waals surface area contributed by atoms with Gasteiger partial charge in [-0.25, -0.2) is 0 Å². The first-order chi connectivity index (χ1) is 6.20. The van der Waals surface area contributed by atoms with Gasteiger partial charge in [-0.15, -0.1) is 0 Å². The quantitative estimate of drug-likeness (QED) is 0.690. The standard InChI is InChI=1S/C10H26N2OSi/c1-10(2,3)14(4,5)13-8-9(12)6-7-11/h9H,6-8,11-12H2,1-5H3/t9-/m0/s1. The Bertz CT molecular complexity index is 166. The van der Waals surface area contributed by atoms with Gasteiger partial charge in [-0.1, -0.05) is 20.8 Å². The topological polar surface area (TPSA) is 61.3 Å². The second-order valence-electron chi connectivity index (χ2n) is 5.41. The molecule has 3 nitrogen and oxygen atoms in total. The molecule has 0 spiro atoms. The molecule has 0 saturated carbocycles. The Balaban J connectivity index is 3.99. The molecule has 0 aromatic carbocycles. The van der Waals surface area contributed by atoms with E-state index >= 15 is 0 Å². The predicted molar refractivity (Wildman–Crippen MR) is 64.8 cm³/mol. The molecule has 0 aliphatic rings. The van der Waals surface area contributed by atoms with Crippen molar-refractivity contribution in [2.75, 3.05) is 13.2 Å². The van der Waals surface area contributed by atoms with Gasteiger partial charge in [-0.3, -0.25) is 0 Å². The van der Waals surface area contributed by atoms with Gasteiger partial charge in [0.2, 0.25) is 0 Å². The highest BCUT2D eigenvalue weighted by Crippen LogP contribution is 2.36. The highest BCUT2D eigenvalue weighted by molar-refractivity contribution is 6.74. The first-order valence-electron chi connectivity index (χ1n) is 5.30. The summed E-state index contributed by atoms with van der Waals surface area (Å²) in [5, 5.41) is 0.259. The highest BCUT2D eigenvalue weighted by atomic mass is 28.4. The van der Waals surface area contributed by atoms with Crippen molar-refractivity contribution in [3.05, 3.63) is 0 Å². The van der Waals surface area contributed by atoms with Crippen LogP contribution in [0, 0.1) is 0 Å². The molecule has 0 heterocycles. The molecule has 0 aromatic rings. The minimum atomic E-state index is -1.62. The zero-order valence-corrected chi connectivity index (χ0v) is 11.3. The van der Waals surface area contributed by atoms with Gasteiger partial charge in [0.05, 0.1) is 0 Å². The van der Waals surface area contributed by atoms with Crippen molar-refractivity contribution in [1.82, 2.24) is 0 Å². The average molecular weight is 218 g/mol. The molecule has 4 N–H and O–H groups in total. The molecule has 0 unspecified atom stereocenters. The Morgan fingerprint density at radius 2 is 1.79 bits per heavy atom. The SMILES string of the molecule is CC(C)(C)[Si](C)(C)OC[C@@H](N)CCN. The van der Waals surface area contributed by atoms with E-state index in [2.05, 4.69) is 33.9 Å². The molecule has 0 radical (unpaired) electrons. The summed E-state index contributed by atoms with van der Waals surface area (Å²) in [4.78, 5) is 0. The lowest BCUT2D eigenvalue weighted by Gasteiger charge is -2.36. The molecule has 0 fully saturated rings. The van der Waals surface area contributed by atoms with Gasteiger partial charge in [0.1, 0.15) is 0 Å². The third-order valence-electron chi connectivity index (χ3n) is 3.00. The maximum absolute atomic E-state index is 5.97. The van der Waals surface area contributed by atoms with Gasteiger partial charge in [-0.2, -0.15) is 0 Å². The van der Waals surface area contributed by atoms with Crippen molar-refractivity contribution >= 4 is 8.32 Å². The molecule has 0 saturated heterocycles. The summed E-state index contributed by atoms with van der Waals surface area (Å²) in [6.07, 6.45) is 0.842. The van der Waals surface area contributed by atoms with Crippen LogP contribution in [0.3, 0.4) is 0 Å². The van der Waals surface area contributed by atoms with E-state index in [1.54, 1.807) is 0 Å². The largest absolute Gasteiger partial charge is 0.415 e. The highest BCUT2D eigenvalue weighted by Gasteiger charge is 2.37. The van der Waals surface area contributed by atoms with Crippen LogP contribution in [0.5, 0.6) is 0 Å². The van der Waals surface area contributed by atoms with Gasteiger partial charge in [-0.05, 0) is 31.1 Å². The van der Waals surface area contributed by atoms with Crippen LogP contribution < -0.4 is 11.5 Å². The van der Waals surface area contributed by atoms with E-state index in [4.69, 9.17) is 15.9 Å². The predicted octanol–water partition coefficient (Wildman–Crippen LogP) is 1.68. The number of rotatable bonds is 5. The molecule has 0 amide bonds. The maximum Gasteiger partial charge on any atom is 0.192 e. The van der Waals surface area contributed by atoms with Gasteiger partial charge >= 0.3 is 0 Å². The fourth-order valence-electron chi connectivity index (χ4n) is 0.829. The molecular weight excluding hydrogens is 192 g/mol. The summed E-state index contributed by atoms with van der Waals surface area (Å²) in [7, 11) is -1.62. The number of hydrogen-bond acceptors (Lipinski definition) is 3. The zero-order valence-electron chi connectivity index (χ0n) is 10.3. The Morgan fingerprint density at radius 1 is 1.29 bits per heavy atom. The van der Waals surface area contributed by atoms with E-state index in [-0.39, 0.29) is 11.1 Å². The third kappa shape index (κ3) is 4.55. The molecular formula is C10H26N2OSi. The molecule has 0 rings (SSSR count). The van der Waals surface area contributed by atoms with Crippen molar-refractivity contribution in [1.29, 1.82) is 0 Å². The molecule has 0 bridgehead atoms. The lowest BCUT2D eigenvalue weighted by atomic mass is 10.2. The van der Waals surface area contributed by atoms with Gasteiger partial charge in [0, 0.05) is 12.6 Å². The van der Waals surface area contributed by atoms with Crippen LogP contribution in [0.4, 0.5) is 0 Å². The van der Waals surface area contributed by atoms with E-state index in [0.29, 0.717) is 13.2 Å². The molecule has 14 heavy (non-hydrogen) atoms. The van der Waals surface area contributed by atoms with Crippen LogP contribution in [0.15, 0.2) is 0 Å². The molecule has 0 aliphatic carbocycles. The molecule has 1 atom stereocenters. The monoisotopic (exact) mass is 218 g/mol. The van der Waals surface area contributed by atoms with Gasteiger partial charge < -0.3 is 15.9 Å². The van der Waals surface area contributed by atoms with Crippen LogP contribution in [0.25, 0.3) is 0 Å². The normalized spacial score (nSPS) is 15.6. The first-order valence-corrected chi connectivity index (χ1v) is 8.21. The van der Waals surface area contributed by atoms with Crippen LogP contribution in [0.2, 0.25) is 18.1 Å². The van der Waals surface area contributed by atoms with Crippen molar-refractivity contribution in [3.63, 3.8) is 0 Å². The van der Waals surface area contributed by atoms with Gasteiger partial charge in [0.25, 0.3) is 0 Å². The second-order valence-corrected chi connectivity index (χ2v) is 10.2. The lowest BCUT2D eigenvalue weighted by molar-refractivity contribution is 0.259. The Kier molecular flexibility index (Phi) is 5.29. The molecule has 0 aliphatic heterocycles. The molecule has 4 heteroatoms. The van der Waals surface area contributed by atoms with Crippen LogP contribution in [-0.2, 0) is 4.43 Å².